The third-order valence-corrected chi connectivity index (χ3v) is 4.64. The number of urea groups is 2. The zero-order chi connectivity index (χ0) is 23.4. The van der Waals surface area contributed by atoms with Crippen molar-refractivity contribution in [3.8, 4) is 5.75 Å². The van der Waals surface area contributed by atoms with Gasteiger partial charge in [-0.3, -0.25) is 19.7 Å². The Hall–Kier alpha value is -4.21. The Bertz CT molecular complexity index is 1110. The van der Waals surface area contributed by atoms with Gasteiger partial charge in [-0.2, -0.15) is 0 Å². The maximum atomic E-state index is 12.7. The van der Waals surface area contributed by atoms with Crippen molar-refractivity contribution in [2.45, 2.75) is 20.8 Å². The van der Waals surface area contributed by atoms with Crippen LogP contribution in [0.1, 0.15) is 18.1 Å². The van der Waals surface area contributed by atoms with Gasteiger partial charge in [0.05, 0.1) is 12.3 Å². The van der Waals surface area contributed by atoms with E-state index in [1.807, 2.05) is 18.3 Å². The van der Waals surface area contributed by atoms with E-state index in [9.17, 15) is 24.0 Å². The van der Waals surface area contributed by atoms with Crippen LogP contribution in [0.3, 0.4) is 0 Å². The summed E-state index contributed by atoms with van der Waals surface area (Å²) in [7, 11) is 0. The molecule has 10 heteroatoms. The summed E-state index contributed by atoms with van der Waals surface area (Å²) in [5.41, 5.74) is 2.40. The highest BCUT2D eigenvalue weighted by Gasteiger charge is 2.47. The SMILES string of the molecule is CCOc1ccccc1N1C(=O)C(=O)N(CC(=O)NC(=O)Nc2ccc(C)cc2C)C1=O. The molecule has 166 valence electrons. The van der Waals surface area contributed by atoms with Gasteiger partial charge in [0.15, 0.2) is 0 Å². The lowest BCUT2D eigenvalue weighted by molar-refractivity contribution is -0.140. The summed E-state index contributed by atoms with van der Waals surface area (Å²) >= 11 is 0. The number of nitrogens with zero attached hydrogens (tertiary/aromatic N) is 2. The summed E-state index contributed by atoms with van der Waals surface area (Å²) in [6.07, 6.45) is 0. The molecule has 0 saturated carbocycles. The van der Waals surface area contributed by atoms with Gasteiger partial charge < -0.3 is 10.1 Å². The molecule has 1 fully saturated rings. The molecule has 32 heavy (non-hydrogen) atoms. The van der Waals surface area contributed by atoms with E-state index in [2.05, 4.69) is 5.32 Å². The Morgan fingerprint density at radius 3 is 2.41 bits per heavy atom. The lowest BCUT2D eigenvalue weighted by Crippen LogP contribution is -2.44. The van der Waals surface area contributed by atoms with E-state index < -0.39 is 36.3 Å². The van der Waals surface area contributed by atoms with Crippen molar-refractivity contribution in [2.24, 2.45) is 0 Å². The summed E-state index contributed by atoms with van der Waals surface area (Å²) in [5, 5.41) is 4.58. The second kappa shape index (κ2) is 9.29. The number of hydrogen-bond donors (Lipinski definition) is 2. The summed E-state index contributed by atoms with van der Waals surface area (Å²) in [6, 6.07) is 9.76. The van der Waals surface area contributed by atoms with Crippen LogP contribution in [0.4, 0.5) is 21.0 Å². The van der Waals surface area contributed by atoms with Crippen molar-refractivity contribution in [3.63, 3.8) is 0 Å². The van der Waals surface area contributed by atoms with Crippen LogP contribution in [0.15, 0.2) is 42.5 Å². The van der Waals surface area contributed by atoms with Crippen molar-refractivity contribution in [1.29, 1.82) is 0 Å². The fourth-order valence-electron chi connectivity index (χ4n) is 3.19. The molecule has 3 rings (SSSR count). The summed E-state index contributed by atoms with van der Waals surface area (Å²) in [6.45, 7) is 4.92. The topological polar surface area (TPSA) is 125 Å². The molecule has 0 atom stereocenters. The van der Waals surface area contributed by atoms with Crippen LogP contribution >= 0.6 is 0 Å². The predicted molar refractivity (Wildman–Crippen MR) is 115 cm³/mol. The van der Waals surface area contributed by atoms with E-state index in [0.29, 0.717) is 15.5 Å². The van der Waals surface area contributed by atoms with E-state index in [0.717, 1.165) is 11.1 Å². The number of para-hydroxylation sites is 2. The zero-order valence-corrected chi connectivity index (χ0v) is 17.8. The predicted octanol–water partition coefficient (Wildman–Crippen LogP) is 2.35. The van der Waals surface area contributed by atoms with E-state index in [1.54, 1.807) is 44.2 Å². The van der Waals surface area contributed by atoms with Gasteiger partial charge in [0.25, 0.3) is 0 Å². The molecule has 0 bridgehead atoms. The third kappa shape index (κ3) is 4.59. The van der Waals surface area contributed by atoms with E-state index in [1.165, 1.54) is 6.07 Å². The molecule has 0 aliphatic carbocycles. The van der Waals surface area contributed by atoms with Crippen LogP contribution in [0.25, 0.3) is 0 Å². The summed E-state index contributed by atoms with van der Waals surface area (Å²) in [5.74, 6) is -2.98. The second-order valence-electron chi connectivity index (χ2n) is 7.04. The standard InChI is InChI=1S/C22H22N4O6/c1-4-32-17-8-6-5-7-16(17)26-20(29)19(28)25(22(26)31)12-18(27)24-21(30)23-15-10-9-13(2)11-14(15)3/h5-11H,4,12H2,1-3H3,(H2,23,24,27,30). The molecule has 0 radical (unpaired) electrons. The largest absolute Gasteiger partial charge is 0.492 e. The first kappa shape index (κ1) is 22.5. The Kier molecular flexibility index (Phi) is 6.53. The van der Waals surface area contributed by atoms with Crippen LogP contribution in [0.5, 0.6) is 5.75 Å². The maximum Gasteiger partial charge on any atom is 0.339 e. The second-order valence-corrected chi connectivity index (χ2v) is 7.04. The number of amides is 7. The molecule has 1 saturated heterocycles. The number of imide groups is 3. The Labute approximate surface area is 184 Å². The van der Waals surface area contributed by atoms with Crippen molar-refractivity contribution in [2.75, 3.05) is 23.4 Å². The maximum absolute atomic E-state index is 12.7. The van der Waals surface area contributed by atoms with Crippen molar-refractivity contribution in [3.05, 3.63) is 53.6 Å². The highest BCUT2D eigenvalue weighted by molar-refractivity contribution is 6.53. The van der Waals surface area contributed by atoms with Gasteiger partial charge in [-0.05, 0) is 44.5 Å². The molecule has 1 aliphatic heterocycles. The Morgan fingerprint density at radius 1 is 1.00 bits per heavy atom. The molecule has 2 aromatic carbocycles. The fraction of sp³-hybridized carbons (Fsp3) is 0.227. The molecule has 0 unspecified atom stereocenters. The van der Waals surface area contributed by atoms with Crippen LogP contribution in [-0.4, -0.2) is 47.8 Å². The number of carbonyl (C=O) groups is 5. The first-order chi connectivity index (χ1) is 15.2. The number of anilines is 2. The minimum atomic E-state index is -1.17. The number of aryl methyl sites for hydroxylation is 2. The number of rotatable bonds is 6. The minimum absolute atomic E-state index is 0.0909. The molecule has 2 aromatic rings. The number of hydrogen-bond acceptors (Lipinski definition) is 6. The number of ether oxygens (including phenoxy) is 1. The van der Waals surface area contributed by atoms with E-state index >= 15 is 0 Å². The fourth-order valence-corrected chi connectivity index (χ4v) is 3.19. The van der Waals surface area contributed by atoms with E-state index in [-0.39, 0.29) is 18.0 Å². The van der Waals surface area contributed by atoms with Crippen LogP contribution < -0.4 is 20.3 Å². The zero-order valence-electron chi connectivity index (χ0n) is 17.8. The van der Waals surface area contributed by atoms with Crippen molar-refractivity contribution >= 4 is 41.2 Å². The monoisotopic (exact) mass is 438 g/mol. The number of benzene rings is 2. The average molecular weight is 438 g/mol. The van der Waals surface area contributed by atoms with Gasteiger partial charge in [0, 0.05) is 5.69 Å². The Balaban J connectivity index is 1.69. The van der Waals surface area contributed by atoms with Crippen LogP contribution in [0.2, 0.25) is 0 Å². The average Bonchev–Trinajstić information content (AvgIpc) is 2.94. The van der Waals surface area contributed by atoms with Gasteiger partial charge in [-0.25, -0.2) is 19.4 Å². The van der Waals surface area contributed by atoms with Gasteiger partial charge in [-0.1, -0.05) is 29.8 Å². The smallest absolute Gasteiger partial charge is 0.339 e. The van der Waals surface area contributed by atoms with Crippen molar-refractivity contribution < 1.29 is 28.7 Å². The van der Waals surface area contributed by atoms with Crippen molar-refractivity contribution in [1.82, 2.24) is 10.2 Å². The van der Waals surface area contributed by atoms with E-state index in [4.69, 9.17) is 4.74 Å². The molecule has 0 aromatic heterocycles. The minimum Gasteiger partial charge on any atom is -0.492 e. The molecule has 7 amide bonds. The molecular formula is C22H22N4O6. The highest BCUT2D eigenvalue weighted by atomic mass is 16.5. The molecular weight excluding hydrogens is 416 g/mol. The number of nitrogens with one attached hydrogen (secondary N) is 2. The van der Waals surface area contributed by atoms with Gasteiger partial charge >= 0.3 is 23.9 Å². The molecule has 10 nitrogen and oxygen atoms in total. The lowest BCUT2D eigenvalue weighted by Gasteiger charge is -2.18. The highest BCUT2D eigenvalue weighted by Crippen LogP contribution is 2.31. The van der Waals surface area contributed by atoms with Gasteiger partial charge in [0.2, 0.25) is 5.91 Å². The van der Waals surface area contributed by atoms with Crippen LogP contribution in [0, 0.1) is 13.8 Å². The first-order valence-electron chi connectivity index (χ1n) is 9.82. The first-order valence-corrected chi connectivity index (χ1v) is 9.82. The molecule has 1 heterocycles. The summed E-state index contributed by atoms with van der Waals surface area (Å²) < 4.78 is 5.42. The Morgan fingerprint density at radius 2 is 1.72 bits per heavy atom. The normalized spacial score (nSPS) is 13.4. The van der Waals surface area contributed by atoms with Crippen LogP contribution in [-0.2, 0) is 14.4 Å². The van der Waals surface area contributed by atoms with Gasteiger partial charge in [-0.15, -0.1) is 0 Å². The molecule has 2 N–H and O–H groups in total. The number of carbonyl (C=O) groups excluding carboxylic acids is 5. The quantitative estimate of drug-likeness (QED) is 0.527. The molecule has 0 spiro atoms. The molecule has 1 aliphatic rings. The van der Waals surface area contributed by atoms with Gasteiger partial charge in [0.1, 0.15) is 12.3 Å². The lowest BCUT2D eigenvalue weighted by atomic mass is 10.1. The summed E-state index contributed by atoms with van der Waals surface area (Å²) in [4.78, 5) is 63.1. The third-order valence-electron chi connectivity index (χ3n) is 4.64.